The number of ether oxygens (including phenoxy) is 2. The van der Waals surface area contributed by atoms with Gasteiger partial charge in [-0.3, -0.25) is 9.48 Å². The van der Waals surface area contributed by atoms with E-state index in [2.05, 4.69) is 5.32 Å². The standard InChI is InChI=1S/C24H31N3O5/c1-3-27-21-18(14-24(15-25-22(21)29)9-12-31-13-10-24)19(26-27)7-5-11-32-23(30)17-6-4-8-20(28)16(17)2/h4,6,8,28H,3,5,7,9-15H2,1-2H3,(H,25,29). The van der Waals surface area contributed by atoms with E-state index in [-0.39, 0.29) is 23.7 Å². The van der Waals surface area contributed by atoms with Gasteiger partial charge in [0.15, 0.2) is 0 Å². The van der Waals surface area contributed by atoms with Crippen molar-refractivity contribution in [3.05, 3.63) is 46.3 Å². The van der Waals surface area contributed by atoms with Crippen LogP contribution in [0.3, 0.4) is 0 Å². The number of phenols is 1. The Balaban J connectivity index is 1.46. The number of benzene rings is 1. The third-order valence-electron chi connectivity index (χ3n) is 6.69. The smallest absolute Gasteiger partial charge is 0.338 e. The molecule has 8 heteroatoms. The number of aromatic nitrogens is 2. The molecule has 172 valence electrons. The molecule has 4 rings (SSSR count). The molecule has 1 saturated heterocycles. The van der Waals surface area contributed by atoms with Crippen LogP contribution in [0, 0.1) is 12.3 Å². The largest absolute Gasteiger partial charge is 0.508 e. The summed E-state index contributed by atoms with van der Waals surface area (Å²) in [5.74, 6) is -0.431. The minimum atomic E-state index is -0.447. The fourth-order valence-corrected chi connectivity index (χ4v) is 4.69. The number of fused-ring (bicyclic) bond motifs is 1. The quantitative estimate of drug-likeness (QED) is 0.528. The SMILES string of the molecule is CCn1nc(CCCOC(=O)c2cccc(O)c2C)c2c1C(=O)NCC1(CCOCC1)C2. The molecule has 32 heavy (non-hydrogen) atoms. The summed E-state index contributed by atoms with van der Waals surface area (Å²) < 4.78 is 12.8. The Bertz CT molecular complexity index is 1010. The fourth-order valence-electron chi connectivity index (χ4n) is 4.69. The second-order valence-corrected chi connectivity index (χ2v) is 8.75. The highest BCUT2D eigenvalue weighted by atomic mass is 16.5. The lowest BCUT2D eigenvalue weighted by atomic mass is 9.75. The summed E-state index contributed by atoms with van der Waals surface area (Å²) in [4.78, 5) is 25.3. The van der Waals surface area contributed by atoms with E-state index in [1.807, 2.05) is 6.92 Å². The van der Waals surface area contributed by atoms with Crippen molar-refractivity contribution in [2.75, 3.05) is 26.4 Å². The highest BCUT2D eigenvalue weighted by Gasteiger charge is 2.39. The van der Waals surface area contributed by atoms with Gasteiger partial charge in [-0.2, -0.15) is 5.10 Å². The summed E-state index contributed by atoms with van der Waals surface area (Å²) in [7, 11) is 0. The molecule has 2 aromatic rings. The van der Waals surface area contributed by atoms with E-state index in [0.717, 1.165) is 30.5 Å². The fraction of sp³-hybridized carbons (Fsp3) is 0.542. The zero-order valence-electron chi connectivity index (χ0n) is 18.8. The van der Waals surface area contributed by atoms with Crippen molar-refractivity contribution >= 4 is 11.9 Å². The average Bonchev–Trinajstić information content (AvgIpc) is 3.07. The van der Waals surface area contributed by atoms with E-state index in [1.165, 1.54) is 0 Å². The number of rotatable bonds is 6. The van der Waals surface area contributed by atoms with Crippen LogP contribution in [0.4, 0.5) is 0 Å². The van der Waals surface area contributed by atoms with E-state index in [9.17, 15) is 14.7 Å². The lowest BCUT2D eigenvalue weighted by Crippen LogP contribution is -2.40. The summed E-state index contributed by atoms with van der Waals surface area (Å²) in [5.41, 5.74) is 3.49. The van der Waals surface area contributed by atoms with Crippen molar-refractivity contribution in [2.45, 2.75) is 52.5 Å². The van der Waals surface area contributed by atoms with Gasteiger partial charge in [0.25, 0.3) is 5.91 Å². The van der Waals surface area contributed by atoms with Crippen molar-refractivity contribution in [2.24, 2.45) is 5.41 Å². The molecule has 3 heterocycles. The highest BCUT2D eigenvalue weighted by molar-refractivity contribution is 5.95. The second kappa shape index (κ2) is 9.32. The first-order chi connectivity index (χ1) is 15.4. The van der Waals surface area contributed by atoms with Crippen LogP contribution in [0.15, 0.2) is 18.2 Å². The van der Waals surface area contributed by atoms with E-state index >= 15 is 0 Å². The second-order valence-electron chi connectivity index (χ2n) is 8.75. The van der Waals surface area contributed by atoms with E-state index in [4.69, 9.17) is 14.6 Å². The van der Waals surface area contributed by atoms with Gasteiger partial charge >= 0.3 is 5.97 Å². The van der Waals surface area contributed by atoms with Gasteiger partial charge in [0.2, 0.25) is 0 Å². The van der Waals surface area contributed by atoms with Gasteiger partial charge < -0.3 is 19.9 Å². The van der Waals surface area contributed by atoms with Crippen LogP contribution < -0.4 is 5.32 Å². The molecule has 8 nitrogen and oxygen atoms in total. The van der Waals surface area contributed by atoms with E-state index in [1.54, 1.807) is 29.8 Å². The average molecular weight is 442 g/mol. The number of carbonyl (C=O) groups is 2. The Morgan fingerprint density at radius 3 is 2.88 bits per heavy atom. The number of esters is 1. The number of aromatic hydroxyl groups is 1. The predicted octanol–water partition coefficient (Wildman–Crippen LogP) is 2.79. The molecular weight excluding hydrogens is 410 g/mol. The lowest BCUT2D eigenvalue weighted by molar-refractivity contribution is 0.0160. The molecule has 0 aliphatic carbocycles. The Kier molecular flexibility index (Phi) is 6.50. The molecule has 0 unspecified atom stereocenters. The zero-order valence-corrected chi connectivity index (χ0v) is 18.8. The first kappa shape index (κ1) is 22.3. The number of carbonyl (C=O) groups excluding carboxylic acids is 2. The number of phenolic OH excluding ortho intramolecular Hbond substituents is 1. The third-order valence-corrected chi connectivity index (χ3v) is 6.69. The first-order valence-corrected chi connectivity index (χ1v) is 11.3. The van der Waals surface area contributed by atoms with Crippen LogP contribution >= 0.6 is 0 Å². The maximum Gasteiger partial charge on any atom is 0.338 e. The first-order valence-electron chi connectivity index (χ1n) is 11.3. The number of amides is 1. The van der Waals surface area contributed by atoms with Crippen molar-refractivity contribution in [3.8, 4) is 5.75 Å². The number of hydrogen-bond acceptors (Lipinski definition) is 6. The molecule has 2 aliphatic heterocycles. The molecule has 1 aromatic carbocycles. The summed E-state index contributed by atoms with van der Waals surface area (Å²) >= 11 is 0. The summed E-state index contributed by atoms with van der Waals surface area (Å²) in [6.07, 6.45) is 3.88. The molecule has 0 bridgehead atoms. The van der Waals surface area contributed by atoms with Crippen LogP contribution in [-0.4, -0.2) is 53.1 Å². The summed E-state index contributed by atoms with van der Waals surface area (Å²) in [6, 6.07) is 4.82. The van der Waals surface area contributed by atoms with Crippen molar-refractivity contribution in [1.29, 1.82) is 0 Å². The number of nitrogens with one attached hydrogen (secondary N) is 1. The minimum Gasteiger partial charge on any atom is -0.508 e. The lowest BCUT2D eigenvalue weighted by Gasteiger charge is -2.36. The molecule has 2 aliphatic rings. The van der Waals surface area contributed by atoms with E-state index < -0.39 is 5.97 Å². The van der Waals surface area contributed by atoms with Gasteiger partial charge in [0.1, 0.15) is 11.4 Å². The van der Waals surface area contributed by atoms with Gasteiger partial charge in [0.05, 0.1) is 17.9 Å². The molecule has 1 aromatic heterocycles. The van der Waals surface area contributed by atoms with Crippen LogP contribution in [0.1, 0.15) is 63.9 Å². The maximum atomic E-state index is 12.9. The molecule has 0 radical (unpaired) electrons. The van der Waals surface area contributed by atoms with Crippen LogP contribution in [0.5, 0.6) is 5.75 Å². The third kappa shape index (κ3) is 4.37. The highest BCUT2D eigenvalue weighted by Crippen LogP contribution is 2.37. The van der Waals surface area contributed by atoms with Crippen molar-refractivity contribution < 1.29 is 24.2 Å². The van der Waals surface area contributed by atoms with Crippen LogP contribution in [0.25, 0.3) is 0 Å². The Morgan fingerprint density at radius 1 is 1.34 bits per heavy atom. The van der Waals surface area contributed by atoms with Crippen molar-refractivity contribution in [1.82, 2.24) is 15.1 Å². The predicted molar refractivity (Wildman–Crippen MR) is 118 cm³/mol. The summed E-state index contributed by atoms with van der Waals surface area (Å²) in [6.45, 7) is 6.63. The van der Waals surface area contributed by atoms with Gasteiger partial charge in [-0.25, -0.2) is 4.79 Å². The van der Waals surface area contributed by atoms with Gasteiger partial charge in [-0.05, 0) is 63.5 Å². The molecule has 1 amide bonds. The summed E-state index contributed by atoms with van der Waals surface area (Å²) in [5, 5.41) is 17.6. The maximum absolute atomic E-state index is 12.9. The Labute approximate surface area is 187 Å². The number of nitrogens with zero attached hydrogens (tertiary/aromatic N) is 2. The normalized spacial score (nSPS) is 17.5. The number of hydrogen-bond donors (Lipinski definition) is 2. The molecular formula is C24H31N3O5. The van der Waals surface area contributed by atoms with Crippen LogP contribution in [0.2, 0.25) is 0 Å². The Hall–Kier alpha value is -2.87. The van der Waals surface area contributed by atoms with Gasteiger partial charge in [-0.15, -0.1) is 0 Å². The monoisotopic (exact) mass is 441 g/mol. The molecule has 2 N–H and O–H groups in total. The zero-order chi connectivity index (χ0) is 22.7. The molecule has 0 saturated carbocycles. The van der Waals surface area contributed by atoms with Crippen LogP contribution in [-0.2, 0) is 28.9 Å². The minimum absolute atomic E-state index is 0.00875. The van der Waals surface area contributed by atoms with E-state index in [0.29, 0.717) is 56.0 Å². The molecule has 1 fully saturated rings. The molecule has 0 atom stereocenters. The van der Waals surface area contributed by atoms with Crippen molar-refractivity contribution in [3.63, 3.8) is 0 Å². The van der Waals surface area contributed by atoms with Gasteiger partial charge in [-0.1, -0.05) is 6.07 Å². The Morgan fingerprint density at radius 2 is 2.12 bits per heavy atom. The van der Waals surface area contributed by atoms with Gasteiger partial charge in [0, 0.05) is 37.4 Å². The topological polar surface area (TPSA) is 103 Å². The molecule has 1 spiro atoms. The number of aryl methyl sites for hydroxylation is 2.